The third-order valence-electron chi connectivity index (χ3n) is 4.29. The van der Waals surface area contributed by atoms with Gasteiger partial charge < -0.3 is 16.0 Å². The van der Waals surface area contributed by atoms with Crippen LogP contribution in [0.5, 0.6) is 0 Å². The fraction of sp³-hybridized carbons (Fsp3) is 0.364. The first-order chi connectivity index (χ1) is 13.4. The van der Waals surface area contributed by atoms with E-state index in [1.165, 1.54) is 0 Å². The molecule has 6 nitrogen and oxygen atoms in total. The summed E-state index contributed by atoms with van der Waals surface area (Å²) in [6.07, 6.45) is 0. The van der Waals surface area contributed by atoms with Gasteiger partial charge in [-0.15, -0.1) is 0 Å². The summed E-state index contributed by atoms with van der Waals surface area (Å²) < 4.78 is 0. The highest BCUT2D eigenvalue weighted by Crippen LogP contribution is 2.16. The largest absolute Gasteiger partial charge is 0.336 e. The fourth-order valence-corrected chi connectivity index (χ4v) is 2.82. The molecule has 0 aromatic heterocycles. The molecule has 2 rings (SSSR count). The summed E-state index contributed by atoms with van der Waals surface area (Å²) in [5.74, 6) is -0.215. The third kappa shape index (κ3) is 6.70. The molecule has 28 heavy (non-hydrogen) atoms. The summed E-state index contributed by atoms with van der Waals surface area (Å²) >= 11 is 0. The van der Waals surface area contributed by atoms with E-state index in [4.69, 9.17) is 0 Å². The first kappa shape index (κ1) is 21.4. The lowest BCUT2D eigenvalue weighted by Gasteiger charge is -2.18. The number of hydrogen-bond acceptors (Lipinski definition) is 3. The number of carbonyl (C=O) groups is 2. The predicted molar refractivity (Wildman–Crippen MR) is 115 cm³/mol. The van der Waals surface area contributed by atoms with Crippen molar-refractivity contribution in [2.45, 2.75) is 40.3 Å². The highest BCUT2D eigenvalue weighted by atomic mass is 16.2. The minimum atomic E-state index is -0.295. The second-order valence-electron chi connectivity index (χ2n) is 6.95. The molecule has 3 amide bonds. The highest BCUT2D eigenvalue weighted by molar-refractivity contribution is 6.05. The molecule has 0 aliphatic carbocycles. The van der Waals surface area contributed by atoms with Crippen LogP contribution in [0.25, 0.3) is 0 Å². The molecule has 0 saturated carbocycles. The minimum absolute atomic E-state index is 0.0371. The normalized spacial score (nSPS) is 10.8. The quantitative estimate of drug-likeness (QED) is 0.637. The topological polar surface area (TPSA) is 73.5 Å². The standard InChI is InChI=1S/C22H30N4O2/c1-5-26(6-2)15-17-9-7-11-19(13-17)24-21(27)18-10-8-12-20(14-18)25-22(28)23-16(3)4/h7-14,16H,5-6,15H2,1-4H3,(H,24,27)(H2,23,25,28). The lowest BCUT2D eigenvalue weighted by atomic mass is 10.1. The maximum absolute atomic E-state index is 12.6. The van der Waals surface area contributed by atoms with E-state index < -0.39 is 0 Å². The van der Waals surface area contributed by atoms with E-state index >= 15 is 0 Å². The maximum Gasteiger partial charge on any atom is 0.319 e. The molecular weight excluding hydrogens is 352 g/mol. The van der Waals surface area contributed by atoms with Gasteiger partial charge in [-0.2, -0.15) is 0 Å². The lowest BCUT2D eigenvalue weighted by Crippen LogP contribution is -2.34. The van der Waals surface area contributed by atoms with Crippen molar-refractivity contribution in [2.24, 2.45) is 0 Å². The molecule has 0 spiro atoms. The van der Waals surface area contributed by atoms with Crippen molar-refractivity contribution >= 4 is 23.3 Å². The Kier molecular flexibility index (Phi) is 8.02. The Hall–Kier alpha value is -2.86. The van der Waals surface area contributed by atoms with E-state index in [0.29, 0.717) is 11.3 Å². The summed E-state index contributed by atoms with van der Waals surface area (Å²) in [4.78, 5) is 26.8. The average molecular weight is 383 g/mol. The van der Waals surface area contributed by atoms with Crippen molar-refractivity contribution in [1.29, 1.82) is 0 Å². The summed E-state index contributed by atoms with van der Waals surface area (Å²) in [7, 11) is 0. The fourth-order valence-electron chi connectivity index (χ4n) is 2.82. The first-order valence-corrected chi connectivity index (χ1v) is 9.71. The summed E-state index contributed by atoms with van der Waals surface area (Å²) in [5.41, 5.74) is 2.96. The summed E-state index contributed by atoms with van der Waals surface area (Å²) in [6.45, 7) is 10.9. The zero-order valence-electron chi connectivity index (χ0n) is 17.1. The highest BCUT2D eigenvalue weighted by Gasteiger charge is 2.10. The zero-order valence-corrected chi connectivity index (χ0v) is 17.1. The number of nitrogens with zero attached hydrogens (tertiary/aromatic N) is 1. The summed E-state index contributed by atoms with van der Waals surface area (Å²) in [6, 6.07) is 14.5. The number of nitrogens with one attached hydrogen (secondary N) is 3. The van der Waals surface area contributed by atoms with Crippen LogP contribution in [-0.2, 0) is 6.54 Å². The molecule has 0 radical (unpaired) electrons. The van der Waals surface area contributed by atoms with E-state index in [0.717, 1.165) is 30.9 Å². The van der Waals surface area contributed by atoms with Crippen molar-refractivity contribution in [3.63, 3.8) is 0 Å². The van der Waals surface area contributed by atoms with Gasteiger partial charge in [-0.25, -0.2) is 4.79 Å². The molecule has 0 fully saturated rings. The van der Waals surface area contributed by atoms with E-state index in [9.17, 15) is 9.59 Å². The van der Waals surface area contributed by atoms with E-state index in [-0.39, 0.29) is 18.0 Å². The Bertz CT molecular complexity index is 801. The Labute approximate surface area is 167 Å². The molecule has 0 aliphatic rings. The number of rotatable bonds is 8. The molecule has 3 N–H and O–H groups in total. The van der Waals surface area contributed by atoms with Crippen molar-refractivity contribution < 1.29 is 9.59 Å². The van der Waals surface area contributed by atoms with Crippen LogP contribution >= 0.6 is 0 Å². The third-order valence-corrected chi connectivity index (χ3v) is 4.29. The predicted octanol–water partition coefficient (Wildman–Crippen LogP) is 4.31. The van der Waals surface area contributed by atoms with Crippen LogP contribution in [0.15, 0.2) is 48.5 Å². The van der Waals surface area contributed by atoms with Crippen molar-refractivity contribution in [3.05, 3.63) is 59.7 Å². The van der Waals surface area contributed by atoms with Gasteiger partial charge in [0, 0.05) is 29.5 Å². The molecular formula is C22H30N4O2. The Morgan fingerprint density at radius 3 is 2.21 bits per heavy atom. The van der Waals surface area contributed by atoms with Gasteiger partial charge in [-0.3, -0.25) is 9.69 Å². The van der Waals surface area contributed by atoms with Crippen LogP contribution in [-0.4, -0.2) is 36.0 Å². The molecule has 2 aromatic rings. The number of carbonyl (C=O) groups excluding carboxylic acids is 2. The number of anilines is 2. The van der Waals surface area contributed by atoms with E-state index in [2.05, 4.69) is 40.8 Å². The number of hydrogen-bond donors (Lipinski definition) is 3. The molecule has 150 valence electrons. The van der Waals surface area contributed by atoms with Gasteiger partial charge in [0.25, 0.3) is 5.91 Å². The van der Waals surface area contributed by atoms with Crippen LogP contribution in [0.2, 0.25) is 0 Å². The SMILES string of the molecule is CCN(CC)Cc1cccc(NC(=O)c2cccc(NC(=O)NC(C)C)c2)c1. The van der Waals surface area contributed by atoms with Gasteiger partial charge in [-0.1, -0.05) is 32.0 Å². The average Bonchev–Trinajstić information content (AvgIpc) is 2.66. The molecule has 6 heteroatoms. The Balaban J connectivity index is 2.05. The van der Waals surface area contributed by atoms with Crippen molar-refractivity contribution in [3.8, 4) is 0 Å². The molecule has 2 aromatic carbocycles. The van der Waals surface area contributed by atoms with Crippen LogP contribution in [0.3, 0.4) is 0 Å². The van der Waals surface area contributed by atoms with Gasteiger partial charge in [0.15, 0.2) is 0 Å². The van der Waals surface area contributed by atoms with Crippen molar-refractivity contribution in [2.75, 3.05) is 23.7 Å². The van der Waals surface area contributed by atoms with E-state index in [1.54, 1.807) is 24.3 Å². The van der Waals surface area contributed by atoms with Gasteiger partial charge >= 0.3 is 6.03 Å². The van der Waals surface area contributed by atoms with Gasteiger partial charge in [0.05, 0.1) is 0 Å². The van der Waals surface area contributed by atoms with Crippen molar-refractivity contribution in [1.82, 2.24) is 10.2 Å². The number of urea groups is 1. The molecule has 0 unspecified atom stereocenters. The second kappa shape index (κ2) is 10.5. The second-order valence-corrected chi connectivity index (χ2v) is 6.95. The molecule has 0 bridgehead atoms. The molecule has 0 atom stereocenters. The molecule has 0 aliphatic heterocycles. The first-order valence-electron chi connectivity index (χ1n) is 9.71. The zero-order chi connectivity index (χ0) is 20.5. The monoisotopic (exact) mass is 382 g/mol. The molecule has 0 heterocycles. The Morgan fingerprint density at radius 2 is 1.57 bits per heavy atom. The number of benzene rings is 2. The van der Waals surface area contributed by atoms with Gasteiger partial charge in [0.1, 0.15) is 0 Å². The van der Waals surface area contributed by atoms with Gasteiger partial charge in [-0.05, 0) is 62.8 Å². The van der Waals surface area contributed by atoms with E-state index in [1.807, 2.05) is 32.0 Å². The van der Waals surface area contributed by atoms with Crippen LogP contribution in [0.4, 0.5) is 16.2 Å². The van der Waals surface area contributed by atoms with Crippen LogP contribution in [0.1, 0.15) is 43.6 Å². The lowest BCUT2D eigenvalue weighted by molar-refractivity contribution is 0.102. The Morgan fingerprint density at radius 1 is 0.929 bits per heavy atom. The molecule has 0 saturated heterocycles. The van der Waals surface area contributed by atoms with Gasteiger partial charge in [0.2, 0.25) is 0 Å². The summed E-state index contributed by atoms with van der Waals surface area (Å²) in [5, 5.41) is 8.43. The van der Waals surface area contributed by atoms with Crippen LogP contribution in [0, 0.1) is 0 Å². The van der Waals surface area contributed by atoms with Crippen LogP contribution < -0.4 is 16.0 Å². The number of amides is 3. The smallest absolute Gasteiger partial charge is 0.319 e. The maximum atomic E-state index is 12.6. The minimum Gasteiger partial charge on any atom is -0.336 e.